The molecule has 0 unspecified atom stereocenters. The van der Waals surface area contributed by atoms with Crippen LogP contribution in [0.4, 0.5) is 5.69 Å². The number of fused-ring (bicyclic) bond motifs is 1. The molecule has 2 aromatic heterocycles. The average Bonchev–Trinajstić information content (AvgIpc) is 3.40. The monoisotopic (exact) mass is 527 g/mol. The number of anilines is 1. The van der Waals surface area contributed by atoms with E-state index in [4.69, 9.17) is 6.57 Å². The van der Waals surface area contributed by atoms with Crippen molar-refractivity contribution in [1.29, 1.82) is 0 Å². The molecule has 0 bridgehead atoms. The number of hydrogen-bond acceptors (Lipinski definition) is 5. The maximum atomic E-state index is 13.1. The fourth-order valence-corrected chi connectivity index (χ4v) is 6.47. The second kappa shape index (κ2) is 10.3. The summed E-state index contributed by atoms with van der Waals surface area (Å²) in [7, 11) is 0. The first-order valence-electron chi connectivity index (χ1n) is 14.3. The summed E-state index contributed by atoms with van der Waals surface area (Å²) in [6.45, 7) is 14.2. The molecule has 4 heterocycles. The van der Waals surface area contributed by atoms with Crippen molar-refractivity contribution in [1.82, 2.24) is 19.4 Å². The van der Waals surface area contributed by atoms with Gasteiger partial charge in [0.1, 0.15) is 5.60 Å². The van der Waals surface area contributed by atoms with Gasteiger partial charge in [-0.3, -0.25) is 9.69 Å². The zero-order valence-electron chi connectivity index (χ0n) is 23.0. The van der Waals surface area contributed by atoms with E-state index in [1.165, 1.54) is 0 Å². The molecule has 2 saturated heterocycles. The van der Waals surface area contributed by atoms with Gasteiger partial charge in [0.25, 0.3) is 12.6 Å². The Balaban J connectivity index is 1.13. The Morgan fingerprint density at radius 1 is 1.03 bits per heavy atom. The van der Waals surface area contributed by atoms with Crippen LogP contribution in [0.2, 0.25) is 0 Å². The standard InChI is InChI=1S/C31H39N6O2/c1-22(2)36-20-31(39,21-36)26-8-4-23(5-9-26)25-18-29-28(12-13-33-37(29)19-25)34-14-16-35(17-15-34)30(38)24-6-10-27(32-3)11-7-24/h3-5,8-9,12-13,18-19,22,24,27,39H,6-7,10-11,14-17,20-21H2,1-2H3/q+1. The van der Waals surface area contributed by atoms with Crippen molar-refractivity contribution in [3.05, 3.63) is 59.2 Å². The molecular formula is C31H39N6O2+. The van der Waals surface area contributed by atoms with E-state index >= 15 is 0 Å². The summed E-state index contributed by atoms with van der Waals surface area (Å²) in [5.41, 5.74) is 4.62. The Hall–Kier alpha value is -3.41. The van der Waals surface area contributed by atoms with Gasteiger partial charge in [0.05, 0.1) is 11.2 Å². The second-order valence-electron chi connectivity index (χ2n) is 11.8. The molecule has 0 atom stereocenters. The van der Waals surface area contributed by atoms with Crippen LogP contribution in [0, 0.1) is 12.5 Å². The van der Waals surface area contributed by atoms with E-state index in [2.05, 4.69) is 76.2 Å². The third kappa shape index (κ3) is 4.90. The zero-order chi connectivity index (χ0) is 27.1. The third-order valence-corrected chi connectivity index (χ3v) is 9.09. The lowest BCUT2D eigenvalue weighted by atomic mass is 9.84. The number of hydrogen-bond donors (Lipinski definition) is 1. The van der Waals surface area contributed by atoms with Crippen LogP contribution in [0.1, 0.15) is 45.1 Å². The van der Waals surface area contributed by atoms with E-state index in [1.807, 2.05) is 15.6 Å². The van der Waals surface area contributed by atoms with Crippen molar-refractivity contribution in [2.75, 3.05) is 44.2 Å². The van der Waals surface area contributed by atoms with Crippen LogP contribution >= 0.6 is 0 Å². The predicted octanol–water partition coefficient (Wildman–Crippen LogP) is 4.08. The number of nitrogens with zero attached hydrogens (tertiary/aromatic N) is 6. The molecule has 6 rings (SSSR count). The van der Waals surface area contributed by atoms with Crippen molar-refractivity contribution >= 4 is 17.1 Å². The fourth-order valence-electron chi connectivity index (χ4n) is 6.47. The van der Waals surface area contributed by atoms with E-state index in [0.717, 1.165) is 79.8 Å². The van der Waals surface area contributed by atoms with Gasteiger partial charge in [0.15, 0.2) is 0 Å². The minimum Gasteiger partial charge on any atom is -0.382 e. The highest BCUT2D eigenvalue weighted by molar-refractivity contribution is 5.81. The molecule has 1 amide bonds. The lowest BCUT2D eigenvalue weighted by molar-refractivity contribution is -0.136. The van der Waals surface area contributed by atoms with Gasteiger partial charge in [-0.1, -0.05) is 29.1 Å². The summed E-state index contributed by atoms with van der Waals surface area (Å²) in [5.74, 6) is 0.405. The number of likely N-dealkylation sites (tertiary alicyclic amines) is 1. The first-order chi connectivity index (χ1) is 18.8. The summed E-state index contributed by atoms with van der Waals surface area (Å²) in [4.78, 5) is 23.7. The van der Waals surface area contributed by atoms with E-state index < -0.39 is 5.60 Å². The van der Waals surface area contributed by atoms with Crippen LogP contribution in [0.5, 0.6) is 0 Å². The lowest BCUT2D eigenvalue weighted by Gasteiger charge is -2.49. The van der Waals surface area contributed by atoms with Gasteiger partial charge >= 0.3 is 0 Å². The molecule has 1 N–H and O–H groups in total. The van der Waals surface area contributed by atoms with E-state index in [-0.39, 0.29) is 12.0 Å². The van der Waals surface area contributed by atoms with Gasteiger partial charge in [0, 0.05) is 82.0 Å². The molecule has 8 nitrogen and oxygen atoms in total. The molecule has 0 spiro atoms. The molecule has 1 saturated carbocycles. The Morgan fingerprint density at radius 3 is 2.36 bits per heavy atom. The fraction of sp³-hybridized carbons (Fsp3) is 0.516. The van der Waals surface area contributed by atoms with Gasteiger partial charge in [-0.25, -0.2) is 4.52 Å². The molecule has 3 aromatic rings. The number of carbonyl (C=O) groups is 1. The topological polar surface area (TPSA) is 68.7 Å². The average molecular weight is 528 g/mol. The number of amides is 1. The van der Waals surface area contributed by atoms with Gasteiger partial charge in [0.2, 0.25) is 5.91 Å². The van der Waals surface area contributed by atoms with Crippen molar-refractivity contribution < 1.29 is 9.90 Å². The number of piperazine rings is 1. The van der Waals surface area contributed by atoms with Crippen molar-refractivity contribution in [2.45, 2.75) is 57.2 Å². The maximum Gasteiger partial charge on any atom is 0.272 e. The number of benzene rings is 1. The molecule has 2 aliphatic heterocycles. The third-order valence-electron chi connectivity index (χ3n) is 9.09. The maximum absolute atomic E-state index is 13.1. The number of rotatable bonds is 5. The Kier molecular flexibility index (Phi) is 6.82. The summed E-state index contributed by atoms with van der Waals surface area (Å²) >= 11 is 0. The van der Waals surface area contributed by atoms with Crippen LogP contribution < -0.4 is 4.90 Å². The van der Waals surface area contributed by atoms with Crippen LogP contribution in [0.3, 0.4) is 0 Å². The summed E-state index contributed by atoms with van der Waals surface area (Å²) in [5, 5.41) is 15.6. The van der Waals surface area contributed by atoms with Gasteiger partial charge in [-0.2, -0.15) is 5.10 Å². The molecule has 0 radical (unpaired) electrons. The number of aromatic nitrogens is 2. The lowest BCUT2D eigenvalue weighted by Crippen LogP contribution is -2.61. The van der Waals surface area contributed by atoms with Gasteiger partial charge in [-0.15, -0.1) is 0 Å². The largest absolute Gasteiger partial charge is 0.382 e. The first kappa shape index (κ1) is 25.8. The van der Waals surface area contributed by atoms with Crippen molar-refractivity contribution in [3.63, 3.8) is 0 Å². The molecule has 204 valence electrons. The predicted molar refractivity (Wildman–Crippen MR) is 154 cm³/mol. The highest BCUT2D eigenvalue weighted by atomic mass is 16.3. The highest BCUT2D eigenvalue weighted by Crippen LogP contribution is 2.35. The molecule has 3 aliphatic rings. The highest BCUT2D eigenvalue weighted by Gasteiger charge is 2.43. The Labute approximate surface area is 230 Å². The second-order valence-corrected chi connectivity index (χ2v) is 11.8. The Bertz CT molecular complexity index is 1370. The number of β-amino-alcohol motifs (C(OH)–C–C–N with tert-alkyl or cyclic N) is 1. The van der Waals surface area contributed by atoms with Gasteiger partial charge in [-0.05, 0) is 49.9 Å². The Morgan fingerprint density at radius 2 is 1.72 bits per heavy atom. The quantitative estimate of drug-likeness (QED) is 0.542. The zero-order valence-corrected chi connectivity index (χ0v) is 23.0. The van der Waals surface area contributed by atoms with E-state index in [9.17, 15) is 9.90 Å². The summed E-state index contributed by atoms with van der Waals surface area (Å²) < 4.78 is 1.94. The molecule has 3 fully saturated rings. The normalized spacial score (nSPS) is 23.6. The molecular weight excluding hydrogens is 488 g/mol. The van der Waals surface area contributed by atoms with Crippen molar-refractivity contribution in [3.8, 4) is 17.7 Å². The SMILES string of the molecule is C#[N+]C1CCC(C(=O)N2CCN(c3ccnn4cc(-c5ccc(C6(O)CN(C(C)C)C6)cc5)cc34)CC2)CC1. The smallest absolute Gasteiger partial charge is 0.272 e. The van der Waals surface area contributed by atoms with E-state index in [0.29, 0.717) is 25.0 Å². The number of aliphatic hydroxyl groups is 1. The van der Waals surface area contributed by atoms with E-state index in [1.54, 1.807) is 0 Å². The molecule has 8 heteroatoms. The summed E-state index contributed by atoms with van der Waals surface area (Å²) in [6.07, 6.45) is 7.52. The minimum atomic E-state index is -0.758. The first-order valence-corrected chi connectivity index (χ1v) is 14.3. The summed E-state index contributed by atoms with van der Waals surface area (Å²) in [6, 6.07) is 13.2. The van der Waals surface area contributed by atoms with Gasteiger partial charge < -0.3 is 14.9 Å². The van der Waals surface area contributed by atoms with Crippen LogP contribution in [0.15, 0.2) is 48.8 Å². The molecule has 1 aliphatic carbocycles. The van der Waals surface area contributed by atoms with Crippen molar-refractivity contribution in [2.24, 2.45) is 5.92 Å². The molecule has 1 aromatic carbocycles. The van der Waals surface area contributed by atoms with Crippen LogP contribution in [-0.4, -0.2) is 81.8 Å². The minimum absolute atomic E-state index is 0.112. The van der Waals surface area contributed by atoms with Crippen LogP contribution in [-0.2, 0) is 10.4 Å². The number of carbonyl (C=O) groups excluding carboxylic acids is 1. The van der Waals surface area contributed by atoms with Crippen LogP contribution in [0.25, 0.3) is 21.5 Å². The molecule has 39 heavy (non-hydrogen) atoms.